The molecule has 15 heavy (non-hydrogen) atoms. The Labute approximate surface area is 86.1 Å². The Kier molecular flexibility index (Phi) is 3.92. The van der Waals surface area contributed by atoms with Crippen LogP contribution < -0.4 is 4.74 Å². The van der Waals surface area contributed by atoms with E-state index in [1.54, 1.807) is 24.3 Å². The molecule has 0 radical (unpaired) electrons. The van der Waals surface area contributed by atoms with E-state index in [-0.39, 0.29) is 6.61 Å². The largest absolute Gasteiger partial charge is 0.482 e. The Hall–Kier alpha value is -2.28. The normalized spacial score (nSPS) is 8.53. The Morgan fingerprint density at radius 2 is 2.07 bits per heavy atom. The summed E-state index contributed by atoms with van der Waals surface area (Å²) >= 11 is 0. The second-order valence-corrected chi connectivity index (χ2v) is 2.64. The molecule has 4 nitrogen and oxygen atoms in total. The van der Waals surface area contributed by atoms with Crippen LogP contribution in [0, 0.1) is 0 Å². The van der Waals surface area contributed by atoms with Crippen molar-refractivity contribution < 1.29 is 19.4 Å². The van der Waals surface area contributed by atoms with Gasteiger partial charge in [-0.3, -0.25) is 0 Å². The van der Waals surface area contributed by atoms with E-state index in [1.807, 2.05) is 0 Å². The van der Waals surface area contributed by atoms with Crippen molar-refractivity contribution in [3.05, 3.63) is 35.6 Å². The molecule has 0 bridgehead atoms. The van der Waals surface area contributed by atoms with Gasteiger partial charge in [0.1, 0.15) is 5.75 Å². The lowest BCUT2D eigenvalue weighted by Gasteiger charge is -2.02. The summed E-state index contributed by atoms with van der Waals surface area (Å²) in [5.74, 6) is 0.944. The van der Waals surface area contributed by atoms with E-state index in [0.717, 1.165) is 5.56 Å². The minimum Gasteiger partial charge on any atom is -0.482 e. The molecule has 0 aliphatic rings. The molecule has 0 aliphatic heterocycles. The molecule has 0 unspecified atom stereocenters. The van der Waals surface area contributed by atoms with Gasteiger partial charge >= 0.3 is 5.97 Å². The van der Waals surface area contributed by atoms with Crippen LogP contribution in [0.3, 0.4) is 0 Å². The first kappa shape index (κ1) is 10.8. The van der Waals surface area contributed by atoms with Gasteiger partial charge in [0, 0.05) is 0 Å². The van der Waals surface area contributed by atoms with Gasteiger partial charge in [0.05, 0.1) is 0 Å². The predicted octanol–water partition coefficient (Wildman–Crippen LogP) is 1.15. The van der Waals surface area contributed by atoms with E-state index in [0.29, 0.717) is 5.75 Å². The molecule has 0 aromatic heterocycles. The molecule has 1 aromatic carbocycles. The summed E-state index contributed by atoms with van der Waals surface area (Å²) in [6.07, 6.45) is 1.47. The maximum Gasteiger partial charge on any atom is 0.341 e. The third-order valence-corrected chi connectivity index (χ3v) is 1.54. The summed E-state index contributed by atoms with van der Waals surface area (Å²) in [4.78, 5) is 20.1. The van der Waals surface area contributed by atoms with E-state index < -0.39 is 5.97 Å². The standard InChI is InChI=1S/C11H8O4/c12-7-1-2-9-3-5-10(6-4-9)15-8-11(13)14/h2-6H,8H2,(H,13,14). The number of carboxylic acids is 1. The number of carboxylic acid groups (broad SMARTS) is 1. The number of benzene rings is 1. The zero-order valence-corrected chi connectivity index (χ0v) is 7.77. The van der Waals surface area contributed by atoms with Crippen molar-refractivity contribution in [3.8, 4) is 5.75 Å². The number of carbonyl (C=O) groups is 1. The average Bonchev–Trinajstić information content (AvgIpc) is 2.25. The molecular weight excluding hydrogens is 196 g/mol. The van der Waals surface area contributed by atoms with Gasteiger partial charge in [0.25, 0.3) is 0 Å². The summed E-state index contributed by atoms with van der Waals surface area (Å²) < 4.78 is 4.92. The molecule has 0 aliphatic carbocycles. The number of hydrogen-bond acceptors (Lipinski definition) is 3. The Bertz CT molecular complexity index is 420. The molecule has 4 heteroatoms. The van der Waals surface area contributed by atoms with Gasteiger partial charge in [-0.05, 0) is 29.5 Å². The van der Waals surface area contributed by atoms with Crippen LogP contribution in [0.2, 0.25) is 0 Å². The highest BCUT2D eigenvalue weighted by Gasteiger charge is 1.98. The van der Waals surface area contributed by atoms with Crippen molar-refractivity contribution in [2.75, 3.05) is 6.61 Å². The lowest BCUT2D eigenvalue weighted by atomic mass is 10.2. The highest BCUT2D eigenvalue weighted by molar-refractivity contribution is 5.68. The first-order valence-electron chi connectivity index (χ1n) is 4.13. The molecule has 1 aromatic rings. The van der Waals surface area contributed by atoms with Crippen LogP contribution in [0.25, 0.3) is 6.08 Å². The second kappa shape index (κ2) is 5.45. The van der Waals surface area contributed by atoms with Crippen molar-refractivity contribution in [1.82, 2.24) is 0 Å². The molecule has 0 saturated heterocycles. The fraction of sp³-hybridized carbons (Fsp3) is 0.0909. The predicted molar refractivity (Wildman–Crippen MR) is 53.2 cm³/mol. The van der Waals surface area contributed by atoms with Gasteiger partial charge in [-0.2, -0.15) is 0 Å². The molecule has 76 valence electrons. The van der Waals surface area contributed by atoms with Crippen molar-refractivity contribution in [2.24, 2.45) is 0 Å². The summed E-state index contributed by atoms with van der Waals surface area (Å²) in [6, 6.07) is 6.59. The first-order chi connectivity index (χ1) is 7.22. The number of aliphatic carboxylic acids is 1. The summed E-state index contributed by atoms with van der Waals surface area (Å²) in [5, 5.41) is 8.36. The van der Waals surface area contributed by atoms with Crippen LogP contribution in [-0.2, 0) is 9.59 Å². The van der Waals surface area contributed by atoms with Gasteiger partial charge in [0.2, 0.25) is 0 Å². The Morgan fingerprint density at radius 3 is 2.60 bits per heavy atom. The number of hydrogen-bond donors (Lipinski definition) is 1. The van der Waals surface area contributed by atoms with Gasteiger partial charge in [-0.25, -0.2) is 9.59 Å². The molecular formula is C11H8O4. The van der Waals surface area contributed by atoms with Crippen LogP contribution in [0.1, 0.15) is 5.56 Å². The van der Waals surface area contributed by atoms with E-state index in [9.17, 15) is 9.59 Å². The third kappa shape index (κ3) is 3.96. The minimum absolute atomic E-state index is 0.372. The van der Waals surface area contributed by atoms with E-state index in [2.05, 4.69) is 5.73 Å². The summed E-state index contributed by atoms with van der Waals surface area (Å²) in [5.41, 5.74) is 3.03. The Morgan fingerprint density at radius 1 is 1.40 bits per heavy atom. The number of carbonyl (C=O) groups excluding carboxylic acids is 1. The van der Waals surface area contributed by atoms with Gasteiger partial charge in [-0.1, -0.05) is 12.1 Å². The topological polar surface area (TPSA) is 63.6 Å². The smallest absolute Gasteiger partial charge is 0.341 e. The molecule has 0 spiro atoms. The molecule has 0 atom stereocenters. The molecule has 0 fully saturated rings. The summed E-state index contributed by atoms with van der Waals surface area (Å²) in [6.45, 7) is -0.372. The van der Waals surface area contributed by atoms with Crippen LogP contribution in [0.5, 0.6) is 5.75 Å². The van der Waals surface area contributed by atoms with Crippen molar-refractivity contribution in [2.45, 2.75) is 0 Å². The quantitative estimate of drug-likeness (QED) is 0.590. The summed E-state index contributed by atoms with van der Waals surface area (Å²) in [7, 11) is 0. The van der Waals surface area contributed by atoms with E-state index in [4.69, 9.17) is 9.84 Å². The molecule has 0 saturated carbocycles. The molecule has 0 amide bonds. The molecule has 0 heterocycles. The highest BCUT2D eigenvalue weighted by Crippen LogP contribution is 2.12. The molecule has 1 rings (SSSR count). The van der Waals surface area contributed by atoms with Crippen LogP contribution in [0.4, 0.5) is 0 Å². The number of rotatable bonds is 4. The zero-order chi connectivity index (χ0) is 11.1. The first-order valence-corrected chi connectivity index (χ1v) is 4.13. The van der Waals surface area contributed by atoms with Crippen molar-refractivity contribution >= 4 is 18.0 Å². The number of ether oxygens (including phenoxy) is 1. The maximum absolute atomic E-state index is 10.2. The fourth-order valence-corrected chi connectivity index (χ4v) is 0.918. The molecule has 1 N–H and O–H groups in total. The third-order valence-electron chi connectivity index (χ3n) is 1.54. The highest BCUT2D eigenvalue weighted by atomic mass is 16.5. The van der Waals surface area contributed by atoms with Crippen molar-refractivity contribution in [1.29, 1.82) is 0 Å². The minimum atomic E-state index is -1.03. The van der Waals surface area contributed by atoms with Crippen LogP contribution >= 0.6 is 0 Å². The zero-order valence-electron chi connectivity index (χ0n) is 7.77. The lowest BCUT2D eigenvalue weighted by molar-refractivity contribution is -0.139. The lowest BCUT2D eigenvalue weighted by Crippen LogP contribution is -2.09. The van der Waals surface area contributed by atoms with Crippen LogP contribution in [0.15, 0.2) is 30.0 Å². The van der Waals surface area contributed by atoms with E-state index in [1.165, 1.54) is 12.0 Å². The van der Waals surface area contributed by atoms with Gasteiger partial charge < -0.3 is 9.84 Å². The second-order valence-electron chi connectivity index (χ2n) is 2.64. The van der Waals surface area contributed by atoms with E-state index >= 15 is 0 Å². The maximum atomic E-state index is 10.2. The van der Waals surface area contributed by atoms with Gasteiger partial charge in [0.15, 0.2) is 12.5 Å². The Balaban J connectivity index is 2.68. The van der Waals surface area contributed by atoms with Gasteiger partial charge in [-0.15, -0.1) is 0 Å². The monoisotopic (exact) mass is 204 g/mol. The van der Waals surface area contributed by atoms with Crippen molar-refractivity contribution in [3.63, 3.8) is 0 Å². The SMILES string of the molecule is O=C=C=Cc1ccc(OCC(=O)O)cc1. The van der Waals surface area contributed by atoms with Crippen LogP contribution in [-0.4, -0.2) is 23.6 Å². The average molecular weight is 204 g/mol. The fourth-order valence-electron chi connectivity index (χ4n) is 0.918.